The lowest BCUT2D eigenvalue weighted by atomic mass is 10.2. The molecule has 0 atom stereocenters. The van der Waals surface area contributed by atoms with Crippen LogP contribution >= 0.6 is 15.2 Å². The Morgan fingerprint density at radius 2 is 0.820 bits per heavy atom. The van der Waals surface area contributed by atoms with Crippen molar-refractivity contribution in [1.82, 2.24) is 29.1 Å². The van der Waals surface area contributed by atoms with Gasteiger partial charge in [0.05, 0.1) is 33.5 Å². The van der Waals surface area contributed by atoms with Gasteiger partial charge in [0.1, 0.15) is 11.4 Å². The molecule has 0 saturated heterocycles. The second-order valence-electron chi connectivity index (χ2n) is 12.6. The molecule has 0 saturated carbocycles. The van der Waals surface area contributed by atoms with Gasteiger partial charge < -0.3 is 28.7 Å². The molecule has 4 N–H and O–H groups in total. The van der Waals surface area contributed by atoms with Gasteiger partial charge in [-0.25, -0.2) is 19.9 Å². The number of unbranched alkanes of at least 4 members (excludes halogenated alkanes) is 6. The summed E-state index contributed by atoms with van der Waals surface area (Å²) in [6.45, 7) is 1.40. The third-order valence-corrected chi connectivity index (χ3v) is 10.5. The van der Waals surface area contributed by atoms with Crippen molar-refractivity contribution in [2.75, 3.05) is 12.3 Å². The molecule has 0 aliphatic rings. The molecule has 6 aromatic rings. The van der Waals surface area contributed by atoms with E-state index in [4.69, 9.17) is 39.5 Å². The Balaban J connectivity index is 1.23. The summed E-state index contributed by atoms with van der Waals surface area (Å²) in [6.07, 6.45) is 5.69. The van der Waals surface area contributed by atoms with Crippen LogP contribution in [-0.2, 0) is 22.2 Å². The van der Waals surface area contributed by atoms with E-state index in [2.05, 4.69) is 9.13 Å². The smallest absolute Gasteiger partial charge is 0.324 e. The van der Waals surface area contributed by atoms with Gasteiger partial charge in [0.2, 0.25) is 0 Å². The fourth-order valence-corrected chi connectivity index (χ4v) is 7.55. The van der Waals surface area contributed by atoms with Crippen LogP contribution in [0, 0.1) is 0 Å². The first kappa shape index (κ1) is 35.8. The topological polar surface area (TPSA) is 176 Å². The molecule has 0 aliphatic carbocycles. The number of fused-ring (bicyclic) bond motifs is 2. The molecule has 0 unspecified atom stereocenters. The molecule has 12 nitrogen and oxygen atoms in total. The van der Waals surface area contributed by atoms with Crippen LogP contribution in [0.2, 0.25) is 0 Å². The van der Waals surface area contributed by atoms with Crippen molar-refractivity contribution in [3.63, 3.8) is 0 Å². The van der Waals surface area contributed by atoms with Gasteiger partial charge in [0, 0.05) is 25.4 Å². The van der Waals surface area contributed by atoms with E-state index in [0.29, 0.717) is 37.3 Å². The van der Waals surface area contributed by atoms with E-state index in [1.165, 1.54) is 0 Å². The van der Waals surface area contributed by atoms with Crippen molar-refractivity contribution in [1.29, 1.82) is 0 Å². The maximum absolute atomic E-state index is 11.2. The molecule has 14 heteroatoms. The van der Waals surface area contributed by atoms with E-state index in [1.54, 1.807) is 0 Å². The van der Waals surface area contributed by atoms with Crippen LogP contribution in [0.4, 0.5) is 0 Å². The van der Waals surface area contributed by atoms with Gasteiger partial charge in [-0.05, 0) is 74.2 Å². The highest BCUT2D eigenvalue weighted by molar-refractivity contribution is 7.52. The summed E-state index contributed by atoms with van der Waals surface area (Å²) in [7, 11) is -7.94. The molecule has 2 aromatic carbocycles. The molecule has 262 valence electrons. The third-order valence-electron chi connectivity index (χ3n) is 8.69. The summed E-state index contributed by atoms with van der Waals surface area (Å²) >= 11 is 0. The van der Waals surface area contributed by atoms with E-state index in [1.807, 2.05) is 84.9 Å². The Morgan fingerprint density at radius 1 is 0.440 bits per heavy atom. The van der Waals surface area contributed by atoms with Crippen LogP contribution in [0.25, 0.3) is 56.5 Å². The molecule has 0 amide bonds. The van der Waals surface area contributed by atoms with Crippen LogP contribution < -0.4 is 0 Å². The highest BCUT2D eigenvalue weighted by Crippen LogP contribution is 2.36. The number of hydrogen-bond donors (Lipinski definition) is 4. The van der Waals surface area contributed by atoms with Gasteiger partial charge in [-0.3, -0.25) is 9.13 Å². The Labute approximate surface area is 290 Å². The van der Waals surface area contributed by atoms with Crippen molar-refractivity contribution in [2.45, 2.75) is 64.5 Å². The number of pyridine rings is 2. The molecule has 0 bridgehead atoms. The maximum atomic E-state index is 11.2. The van der Waals surface area contributed by atoms with Crippen molar-refractivity contribution < 1.29 is 28.7 Å². The van der Waals surface area contributed by atoms with Crippen molar-refractivity contribution in [3.8, 4) is 34.4 Å². The minimum atomic E-state index is -3.97. The largest absolute Gasteiger partial charge is 0.325 e. The summed E-state index contributed by atoms with van der Waals surface area (Å²) in [6, 6.07) is 27.6. The first-order valence-corrected chi connectivity index (χ1v) is 20.6. The second kappa shape index (κ2) is 15.9. The average Bonchev–Trinajstić information content (AvgIpc) is 3.65. The number of imidazole rings is 2. The molecule has 6 rings (SSSR count). The lowest BCUT2D eigenvalue weighted by molar-refractivity contribution is 0.368. The predicted molar refractivity (Wildman–Crippen MR) is 196 cm³/mol. The monoisotopic (exact) mass is 716 g/mol. The van der Waals surface area contributed by atoms with E-state index < -0.39 is 15.2 Å². The third kappa shape index (κ3) is 9.20. The van der Waals surface area contributed by atoms with Crippen molar-refractivity contribution in [3.05, 3.63) is 84.9 Å². The summed E-state index contributed by atoms with van der Waals surface area (Å²) in [4.78, 5) is 56.6. The normalized spacial score (nSPS) is 12.3. The molecular weight excluding hydrogens is 674 g/mol. The fraction of sp³-hybridized carbons (Fsp3) is 0.333. The Bertz CT molecular complexity index is 2020. The summed E-state index contributed by atoms with van der Waals surface area (Å²) in [5.41, 5.74) is 6.60. The predicted octanol–water partition coefficient (Wildman–Crippen LogP) is 7.65. The number of hydrogen-bond acceptors (Lipinski definition) is 6. The number of benzene rings is 2. The molecule has 4 heterocycles. The lowest BCUT2D eigenvalue weighted by Crippen LogP contribution is -2.04. The van der Waals surface area contributed by atoms with Gasteiger partial charge in [-0.2, -0.15) is 0 Å². The molecule has 0 fully saturated rings. The van der Waals surface area contributed by atoms with Crippen LogP contribution in [0.15, 0.2) is 84.9 Å². The zero-order valence-electron chi connectivity index (χ0n) is 27.8. The number of nitrogens with zero attached hydrogens (tertiary/aromatic N) is 6. The zero-order valence-corrected chi connectivity index (χ0v) is 29.5. The van der Waals surface area contributed by atoms with E-state index in [-0.39, 0.29) is 12.3 Å². The maximum Gasteiger partial charge on any atom is 0.325 e. The summed E-state index contributed by atoms with van der Waals surface area (Å²) in [5, 5.41) is 0. The molecule has 0 spiro atoms. The van der Waals surface area contributed by atoms with E-state index in [9.17, 15) is 9.13 Å². The van der Waals surface area contributed by atoms with Crippen LogP contribution in [0.3, 0.4) is 0 Å². The molecule has 0 radical (unpaired) electrons. The molecule has 0 aliphatic heterocycles. The number of aromatic nitrogens is 6. The van der Waals surface area contributed by atoms with Crippen molar-refractivity contribution >= 4 is 37.3 Å². The Morgan fingerprint density at radius 3 is 1.24 bits per heavy atom. The lowest BCUT2D eigenvalue weighted by Gasteiger charge is -2.11. The van der Waals surface area contributed by atoms with Gasteiger partial charge in [-0.1, -0.05) is 62.1 Å². The molecule has 50 heavy (non-hydrogen) atoms. The van der Waals surface area contributed by atoms with Crippen LogP contribution in [0.1, 0.15) is 51.4 Å². The SMILES string of the molecule is O=P(O)(O)CCCCCCn1c(-c2cccc(-c3cccc(-c4nc5ccccc5n4CCCCCCP(=O)(O)O)n3)n2)nc2ccccc21. The number of aryl methyl sites for hydroxylation is 2. The van der Waals surface area contributed by atoms with Gasteiger partial charge in [0.25, 0.3) is 0 Å². The highest BCUT2D eigenvalue weighted by atomic mass is 31.2. The zero-order chi connectivity index (χ0) is 35.1. The Hall–Kier alpha value is -4.02. The molecule has 4 aromatic heterocycles. The summed E-state index contributed by atoms with van der Waals surface area (Å²) < 4.78 is 26.8. The first-order chi connectivity index (χ1) is 24.1. The average molecular weight is 717 g/mol. The van der Waals surface area contributed by atoms with Crippen LogP contribution in [0.5, 0.6) is 0 Å². The van der Waals surface area contributed by atoms with Crippen molar-refractivity contribution in [2.24, 2.45) is 0 Å². The first-order valence-electron chi connectivity index (χ1n) is 17.0. The standard InChI is InChI=1S/C36H42N6O6P2/c43-49(44,45)25-11-3-1-9-23-41-33-21-7-5-15-29(33)39-35(41)31-19-13-17-27(37-31)28-18-14-20-32(38-28)36-40-30-16-6-8-22-34(30)42(36)24-10-2-4-12-26-50(46,47)48/h5-8,13-22H,1-4,9-12,23-26H2,(H2,43,44,45)(H2,46,47,48). The molecular formula is C36H42N6O6P2. The van der Waals surface area contributed by atoms with E-state index in [0.717, 1.165) is 83.6 Å². The van der Waals surface area contributed by atoms with Gasteiger partial charge in [0.15, 0.2) is 11.6 Å². The second-order valence-corrected chi connectivity index (χ2v) is 16.1. The summed E-state index contributed by atoms with van der Waals surface area (Å²) in [5.74, 6) is 1.50. The van der Waals surface area contributed by atoms with Crippen LogP contribution in [-0.4, -0.2) is 61.0 Å². The quantitative estimate of drug-likeness (QED) is 0.0542. The highest BCUT2D eigenvalue weighted by Gasteiger charge is 2.18. The minimum Gasteiger partial charge on any atom is -0.324 e. The fourth-order valence-electron chi connectivity index (χ4n) is 6.28. The van der Waals surface area contributed by atoms with Gasteiger partial charge in [-0.15, -0.1) is 0 Å². The number of para-hydroxylation sites is 4. The number of rotatable bonds is 17. The Kier molecular flexibility index (Phi) is 11.4. The van der Waals surface area contributed by atoms with E-state index >= 15 is 0 Å². The minimum absolute atomic E-state index is 0.0829. The van der Waals surface area contributed by atoms with Gasteiger partial charge >= 0.3 is 15.2 Å².